The molecule has 7 nitrogen and oxygen atoms in total. The third-order valence-corrected chi connectivity index (χ3v) is 4.17. The second-order valence-electron chi connectivity index (χ2n) is 5.56. The Morgan fingerprint density at radius 2 is 2.09 bits per heavy atom. The molecule has 0 fully saturated rings. The molecule has 0 saturated heterocycles. The first-order valence-electron chi connectivity index (χ1n) is 7.20. The number of allylic oxidation sites excluding steroid dienone is 3. The van der Waals surface area contributed by atoms with E-state index in [2.05, 4.69) is 4.98 Å². The first kappa shape index (κ1) is 16.8. The quantitative estimate of drug-likeness (QED) is 0.489. The van der Waals surface area contributed by atoms with E-state index in [0.29, 0.717) is 17.7 Å². The number of carboxylic acid groups (broad SMARTS) is 1. The Kier molecular flexibility index (Phi) is 4.90. The highest BCUT2D eigenvalue weighted by Crippen LogP contribution is 2.39. The average Bonchev–Trinajstić information content (AvgIpc) is 2.50. The molecule has 122 valence electrons. The number of aliphatic hydroxyl groups excluding tert-OH is 1. The Hall–Kier alpha value is -2.54. The van der Waals surface area contributed by atoms with Crippen LogP contribution >= 0.6 is 0 Å². The minimum atomic E-state index is -1.09. The lowest BCUT2D eigenvalue weighted by atomic mass is 9.78. The van der Waals surface area contributed by atoms with E-state index in [1.807, 2.05) is 6.92 Å². The van der Waals surface area contributed by atoms with Crippen molar-refractivity contribution < 1.29 is 19.9 Å². The second kappa shape index (κ2) is 6.70. The fourth-order valence-corrected chi connectivity index (χ4v) is 3.00. The number of aliphatic hydroxyl groups is 1. The summed E-state index contributed by atoms with van der Waals surface area (Å²) < 4.78 is 0. The SMILES string of the molecule is CC1=CC(c2ccc(C(=O)O)cn2)C([N+](=O)[O-])=C(C)C1CCO. The summed E-state index contributed by atoms with van der Waals surface area (Å²) in [5.74, 6) is -1.87. The van der Waals surface area contributed by atoms with E-state index in [9.17, 15) is 14.9 Å². The number of rotatable bonds is 5. The Balaban J connectivity index is 2.47. The molecular formula is C16H18N2O5. The molecule has 0 aromatic carbocycles. The third-order valence-electron chi connectivity index (χ3n) is 4.17. The summed E-state index contributed by atoms with van der Waals surface area (Å²) >= 11 is 0. The molecule has 0 bridgehead atoms. The molecule has 1 aliphatic carbocycles. The fourth-order valence-electron chi connectivity index (χ4n) is 3.00. The third kappa shape index (κ3) is 3.29. The van der Waals surface area contributed by atoms with Crippen molar-refractivity contribution in [1.82, 2.24) is 4.98 Å². The Morgan fingerprint density at radius 1 is 1.39 bits per heavy atom. The lowest BCUT2D eigenvalue weighted by molar-refractivity contribution is -0.430. The van der Waals surface area contributed by atoms with Gasteiger partial charge in [-0.1, -0.05) is 11.6 Å². The minimum absolute atomic E-state index is 0.0340. The van der Waals surface area contributed by atoms with Crippen molar-refractivity contribution >= 4 is 5.97 Å². The maximum Gasteiger partial charge on any atom is 0.337 e. The lowest BCUT2D eigenvalue weighted by Crippen LogP contribution is -2.22. The van der Waals surface area contributed by atoms with Crippen molar-refractivity contribution in [2.24, 2.45) is 5.92 Å². The van der Waals surface area contributed by atoms with E-state index >= 15 is 0 Å². The Labute approximate surface area is 133 Å². The van der Waals surface area contributed by atoms with E-state index in [0.717, 1.165) is 5.57 Å². The molecule has 7 heteroatoms. The zero-order valence-corrected chi connectivity index (χ0v) is 12.9. The van der Waals surface area contributed by atoms with Crippen molar-refractivity contribution in [3.63, 3.8) is 0 Å². The van der Waals surface area contributed by atoms with Gasteiger partial charge >= 0.3 is 5.97 Å². The van der Waals surface area contributed by atoms with Crippen molar-refractivity contribution in [3.05, 3.63) is 62.6 Å². The molecular weight excluding hydrogens is 300 g/mol. The van der Waals surface area contributed by atoms with Crippen LogP contribution in [0.15, 0.2) is 41.2 Å². The van der Waals surface area contributed by atoms with Crippen LogP contribution in [0, 0.1) is 16.0 Å². The maximum absolute atomic E-state index is 11.5. The standard InChI is InChI=1S/C16H18N2O5/c1-9-7-13(14-4-3-11(8-17-14)16(20)21)15(18(22)23)10(2)12(9)5-6-19/h3-4,7-8,12-13,19H,5-6H2,1-2H3,(H,20,21). The van der Waals surface area contributed by atoms with Crippen molar-refractivity contribution in [2.45, 2.75) is 26.2 Å². The van der Waals surface area contributed by atoms with Gasteiger partial charge in [-0.25, -0.2) is 4.79 Å². The van der Waals surface area contributed by atoms with Crippen molar-refractivity contribution in [3.8, 4) is 0 Å². The highest BCUT2D eigenvalue weighted by molar-refractivity contribution is 5.87. The molecule has 0 spiro atoms. The van der Waals surface area contributed by atoms with Crippen molar-refractivity contribution in [2.75, 3.05) is 6.61 Å². The average molecular weight is 318 g/mol. The molecule has 0 amide bonds. The number of aromatic nitrogens is 1. The number of carbonyl (C=O) groups is 1. The molecule has 2 unspecified atom stereocenters. The molecule has 1 aromatic rings. The Morgan fingerprint density at radius 3 is 2.57 bits per heavy atom. The van der Waals surface area contributed by atoms with E-state index in [4.69, 9.17) is 10.2 Å². The van der Waals surface area contributed by atoms with E-state index < -0.39 is 16.8 Å². The fraction of sp³-hybridized carbons (Fsp3) is 0.375. The van der Waals surface area contributed by atoms with Gasteiger partial charge in [-0.2, -0.15) is 0 Å². The van der Waals surface area contributed by atoms with Gasteiger partial charge in [0.05, 0.1) is 16.2 Å². The van der Waals surface area contributed by atoms with Gasteiger partial charge in [-0.15, -0.1) is 0 Å². The van der Waals surface area contributed by atoms with Crippen LogP contribution < -0.4 is 0 Å². The van der Waals surface area contributed by atoms with E-state index in [1.165, 1.54) is 18.3 Å². The molecule has 1 aromatic heterocycles. The molecule has 23 heavy (non-hydrogen) atoms. The summed E-state index contributed by atoms with van der Waals surface area (Å²) in [7, 11) is 0. The van der Waals surface area contributed by atoms with Gasteiger partial charge in [0.15, 0.2) is 0 Å². The summed E-state index contributed by atoms with van der Waals surface area (Å²) in [5, 5.41) is 29.6. The number of nitro groups is 1. The van der Waals surface area contributed by atoms with Gasteiger partial charge in [-0.3, -0.25) is 15.1 Å². The second-order valence-corrected chi connectivity index (χ2v) is 5.56. The zero-order chi connectivity index (χ0) is 17.1. The highest BCUT2D eigenvalue weighted by atomic mass is 16.6. The molecule has 2 atom stereocenters. The number of hydrogen-bond donors (Lipinski definition) is 2. The largest absolute Gasteiger partial charge is 0.478 e. The topological polar surface area (TPSA) is 114 Å². The maximum atomic E-state index is 11.5. The number of carboxylic acids is 1. The minimum Gasteiger partial charge on any atom is -0.478 e. The summed E-state index contributed by atoms with van der Waals surface area (Å²) in [4.78, 5) is 26.1. The molecule has 0 saturated carbocycles. The monoisotopic (exact) mass is 318 g/mol. The Bertz CT molecular complexity index is 691. The number of hydrogen-bond acceptors (Lipinski definition) is 5. The molecule has 2 rings (SSSR count). The van der Waals surface area contributed by atoms with Gasteiger partial charge in [0, 0.05) is 24.3 Å². The van der Waals surface area contributed by atoms with Crippen LogP contribution in [0.25, 0.3) is 0 Å². The van der Waals surface area contributed by atoms with Crippen molar-refractivity contribution in [1.29, 1.82) is 0 Å². The van der Waals surface area contributed by atoms with E-state index in [1.54, 1.807) is 13.0 Å². The van der Waals surface area contributed by atoms with Crippen LogP contribution in [-0.2, 0) is 0 Å². The van der Waals surface area contributed by atoms with E-state index in [-0.39, 0.29) is 23.8 Å². The highest BCUT2D eigenvalue weighted by Gasteiger charge is 2.36. The predicted octanol–water partition coefficient (Wildman–Crippen LogP) is 2.37. The number of aromatic carboxylic acids is 1. The first-order valence-corrected chi connectivity index (χ1v) is 7.20. The van der Waals surface area contributed by atoms with Gasteiger partial charge in [0.25, 0.3) is 5.70 Å². The normalized spacial score (nSPS) is 21.1. The van der Waals surface area contributed by atoms with Crippen LogP contribution in [0.4, 0.5) is 0 Å². The van der Waals surface area contributed by atoms with Gasteiger partial charge < -0.3 is 10.2 Å². The van der Waals surface area contributed by atoms with Gasteiger partial charge in [0.2, 0.25) is 0 Å². The van der Waals surface area contributed by atoms with Crippen LogP contribution in [0.5, 0.6) is 0 Å². The lowest BCUT2D eigenvalue weighted by Gasteiger charge is -2.26. The van der Waals surface area contributed by atoms with Crippen LogP contribution in [-0.4, -0.2) is 32.7 Å². The molecule has 0 radical (unpaired) electrons. The summed E-state index contributed by atoms with van der Waals surface area (Å²) in [6.07, 6.45) is 3.41. The van der Waals surface area contributed by atoms with Gasteiger partial charge in [-0.05, 0) is 32.4 Å². The molecule has 1 aliphatic rings. The van der Waals surface area contributed by atoms with Gasteiger partial charge in [0.1, 0.15) is 5.92 Å². The number of pyridine rings is 1. The van der Waals surface area contributed by atoms with Crippen LogP contribution in [0.1, 0.15) is 42.2 Å². The van der Waals surface area contributed by atoms with Crippen LogP contribution in [0.3, 0.4) is 0 Å². The molecule has 2 N–H and O–H groups in total. The summed E-state index contributed by atoms with van der Waals surface area (Å²) in [6.45, 7) is 3.53. The number of nitrogens with zero attached hydrogens (tertiary/aromatic N) is 2. The first-order chi connectivity index (χ1) is 10.9. The smallest absolute Gasteiger partial charge is 0.337 e. The predicted molar refractivity (Wildman–Crippen MR) is 82.6 cm³/mol. The van der Waals surface area contributed by atoms with Crippen LogP contribution in [0.2, 0.25) is 0 Å². The summed E-state index contributed by atoms with van der Waals surface area (Å²) in [6, 6.07) is 2.89. The molecule has 0 aliphatic heterocycles. The zero-order valence-electron chi connectivity index (χ0n) is 12.9. The molecule has 1 heterocycles. The summed E-state index contributed by atoms with van der Waals surface area (Å²) in [5.41, 5.74) is 2.06.